The minimum Gasteiger partial charge on any atom is -0.352 e. The van der Waals surface area contributed by atoms with Crippen LogP contribution in [0.4, 0.5) is 0 Å². The molecular weight excluding hydrogens is 246 g/mol. The molecule has 18 heavy (non-hydrogen) atoms. The molecule has 1 aliphatic rings. The Labute approximate surface area is 113 Å². The van der Waals surface area contributed by atoms with Crippen LogP contribution in [0.15, 0.2) is 17.6 Å². The Balaban J connectivity index is 1.76. The number of hydrogen-bond acceptors (Lipinski definition) is 3. The van der Waals surface area contributed by atoms with Crippen molar-refractivity contribution in [1.82, 2.24) is 14.9 Å². The summed E-state index contributed by atoms with van der Waals surface area (Å²) in [5.74, 6) is 1.19. The van der Waals surface area contributed by atoms with E-state index in [1.165, 1.54) is 31.0 Å². The fourth-order valence-corrected chi connectivity index (χ4v) is 3.14. The molecule has 0 saturated heterocycles. The highest BCUT2D eigenvalue weighted by molar-refractivity contribution is 7.99. The Morgan fingerprint density at radius 1 is 1.56 bits per heavy atom. The van der Waals surface area contributed by atoms with Gasteiger partial charge in [-0.05, 0) is 18.8 Å². The molecule has 5 heteroatoms. The average Bonchev–Trinajstić information content (AvgIpc) is 2.75. The third-order valence-electron chi connectivity index (χ3n) is 3.57. The van der Waals surface area contributed by atoms with Crippen LogP contribution in [0.5, 0.6) is 0 Å². The molecule has 1 amide bonds. The molecule has 1 heterocycles. The highest BCUT2D eigenvalue weighted by Crippen LogP contribution is 2.24. The van der Waals surface area contributed by atoms with E-state index in [2.05, 4.69) is 17.2 Å². The smallest absolute Gasteiger partial charge is 0.230 e. The number of imidazole rings is 1. The van der Waals surface area contributed by atoms with Crippen molar-refractivity contribution in [1.29, 1.82) is 0 Å². The van der Waals surface area contributed by atoms with E-state index >= 15 is 0 Å². The van der Waals surface area contributed by atoms with Crippen molar-refractivity contribution in [3.63, 3.8) is 0 Å². The third-order valence-corrected chi connectivity index (χ3v) is 4.63. The number of nitrogens with zero attached hydrogens (tertiary/aromatic N) is 2. The van der Waals surface area contributed by atoms with Crippen molar-refractivity contribution in [3.05, 3.63) is 12.4 Å². The van der Waals surface area contributed by atoms with Gasteiger partial charge in [-0.25, -0.2) is 4.98 Å². The number of rotatable bonds is 4. The quantitative estimate of drug-likeness (QED) is 0.851. The van der Waals surface area contributed by atoms with Gasteiger partial charge >= 0.3 is 0 Å². The molecule has 4 nitrogen and oxygen atoms in total. The number of amides is 1. The predicted molar refractivity (Wildman–Crippen MR) is 73.5 cm³/mol. The zero-order valence-electron chi connectivity index (χ0n) is 11.1. The number of carbonyl (C=O) groups is 1. The van der Waals surface area contributed by atoms with Gasteiger partial charge in [0.25, 0.3) is 0 Å². The van der Waals surface area contributed by atoms with Crippen LogP contribution in [-0.2, 0) is 11.8 Å². The second-order valence-electron chi connectivity index (χ2n) is 5.05. The molecular formula is C13H21N3OS. The molecule has 2 rings (SSSR count). The van der Waals surface area contributed by atoms with E-state index in [0.717, 1.165) is 11.6 Å². The van der Waals surface area contributed by atoms with Crippen molar-refractivity contribution in [2.24, 2.45) is 13.0 Å². The Bertz CT molecular complexity index is 405. The molecule has 1 aromatic heterocycles. The van der Waals surface area contributed by atoms with Crippen LogP contribution < -0.4 is 5.32 Å². The van der Waals surface area contributed by atoms with Crippen molar-refractivity contribution >= 4 is 17.7 Å². The Morgan fingerprint density at radius 3 is 3.00 bits per heavy atom. The van der Waals surface area contributed by atoms with Crippen molar-refractivity contribution in [2.75, 3.05) is 5.75 Å². The standard InChI is InChI=1S/C13H21N3OS/c1-10-5-3-4-6-11(10)15-12(17)9-18-13-14-7-8-16(13)2/h7-8,10-11H,3-6,9H2,1-2H3,(H,15,17)/t10-,11+/m1/s1. The van der Waals surface area contributed by atoms with Crippen molar-refractivity contribution in [2.45, 2.75) is 43.8 Å². The molecule has 100 valence electrons. The number of aryl methyl sites for hydroxylation is 1. The van der Waals surface area contributed by atoms with Gasteiger partial charge in [-0.15, -0.1) is 0 Å². The Kier molecular flexibility index (Phi) is 4.69. The SMILES string of the molecule is C[C@@H]1CCCC[C@@H]1NC(=O)CSc1nccn1C. The van der Waals surface area contributed by atoms with E-state index in [9.17, 15) is 4.79 Å². The summed E-state index contributed by atoms with van der Waals surface area (Å²) < 4.78 is 1.93. The second-order valence-corrected chi connectivity index (χ2v) is 5.99. The highest BCUT2D eigenvalue weighted by Gasteiger charge is 2.22. The summed E-state index contributed by atoms with van der Waals surface area (Å²) in [5, 5.41) is 4.04. The lowest BCUT2D eigenvalue weighted by atomic mass is 9.86. The molecule has 0 radical (unpaired) electrons. The van der Waals surface area contributed by atoms with Crippen molar-refractivity contribution in [3.8, 4) is 0 Å². The maximum absolute atomic E-state index is 11.9. The molecule has 0 unspecified atom stereocenters. The summed E-state index contributed by atoms with van der Waals surface area (Å²) in [7, 11) is 1.94. The van der Waals surface area contributed by atoms with Gasteiger partial charge in [0.15, 0.2) is 5.16 Å². The minimum atomic E-state index is 0.127. The van der Waals surface area contributed by atoms with Crippen LogP contribution in [-0.4, -0.2) is 27.3 Å². The summed E-state index contributed by atoms with van der Waals surface area (Å²) in [6, 6.07) is 0.369. The lowest BCUT2D eigenvalue weighted by Crippen LogP contribution is -2.41. The third kappa shape index (κ3) is 3.51. The zero-order chi connectivity index (χ0) is 13.0. The summed E-state index contributed by atoms with van der Waals surface area (Å²) in [6.45, 7) is 2.23. The van der Waals surface area contributed by atoms with Gasteiger partial charge in [0.05, 0.1) is 5.75 Å². The van der Waals surface area contributed by atoms with Gasteiger partial charge in [-0.2, -0.15) is 0 Å². The van der Waals surface area contributed by atoms with Gasteiger partial charge in [0.2, 0.25) is 5.91 Å². The van der Waals surface area contributed by atoms with Crippen LogP contribution in [0, 0.1) is 5.92 Å². The molecule has 1 N–H and O–H groups in total. The van der Waals surface area contributed by atoms with E-state index in [-0.39, 0.29) is 5.91 Å². The Morgan fingerprint density at radius 2 is 2.33 bits per heavy atom. The summed E-state index contributed by atoms with van der Waals surface area (Å²) in [4.78, 5) is 16.1. The molecule has 0 bridgehead atoms. The van der Waals surface area contributed by atoms with Crippen LogP contribution >= 0.6 is 11.8 Å². The number of nitrogens with one attached hydrogen (secondary N) is 1. The molecule has 0 aliphatic heterocycles. The normalized spacial score (nSPS) is 23.9. The largest absolute Gasteiger partial charge is 0.352 e. The minimum absolute atomic E-state index is 0.127. The van der Waals surface area contributed by atoms with Gasteiger partial charge < -0.3 is 9.88 Å². The lowest BCUT2D eigenvalue weighted by molar-refractivity contribution is -0.119. The molecule has 1 aromatic rings. The summed E-state index contributed by atoms with van der Waals surface area (Å²) in [6.07, 6.45) is 8.54. The monoisotopic (exact) mass is 267 g/mol. The van der Waals surface area contributed by atoms with Gasteiger partial charge in [0, 0.05) is 25.5 Å². The molecule has 2 atom stereocenters. The van der Waals surface area contributed by atoms with Gasteiger partial charge in [0.1, 0.15) is 0 Å². The second kappa shape index (κ2) is 6.27. The first-order chi connectivity index (χ1) is 8.66. The van der Waals surface area contributed by atoms with E-state index in [4.69, 9.17) is 0 Å². The van der Waals surface area contributed by atoms with Crippen LogP contribution in [0.1, 0.15) is 32.6 Å². The van der Waals surface area contributed by atoms with Crippen LogP contribution in [0.3, 0.4) is 0 Å². The predicted octanol–water partition coefficient (Wildman–Crippen LogP) is 2.21. The first-order valence-electron chi connectivity index (χ1n) is 6.56. The van der Waals surface area contributed by atoms with E-state index < -0.39 is 0 Å². The molecule has 1 saturated carbocycles. The van der Waals surface area contributed by atoms with Gasteiger partial charge in [-0.3, -0.25) is 4.79 Å². The number of carbonyl (C=O) groups excluding carboxylic acids is 1. The maximum Gasteiger partial charge on any atom is 0.230 e. The average molecular weight is 267 g/mol. The first kappa shape index (κ1) is 13.5. The van der Waals surface area contributed by atoms with Gasteiger partial charge in [-0.1, -0.05) is 31.5 Å². The van der Waals surface area contributed by atoms with Crippen LogP contribution in [0.25, 0.3) is 0 Å². The number of hydrogen-bond donors (Lipinski definition) is 1. The molecule has 1 aliphatic carbocycles. The van der Waals surface area contributed by atoms with E-state index in [0.29, 0.717) is 17.7 Å². The molecule has 0 spiro atoms. The zero-order valence-corrected chi connectivity index (χ0v) is 11.9. The Hall–Kier alpha value is -0.970. The van der Waals surface area contributed by atoms with Crippen LogP contribution in [0.2, 0.25) is 0 Å². The van der Waals surface area contributed by atoms with Crippen molar-refractivity contribution < 1.29 is 4.79 Å². The fraction of sp³-hybridized carbons (Fsp3) is 0.692. The number of thioether (sulfide) groups is 1. The molecule has 1 fully saturated rings. The highest BCUT2D eigenvalue weighted by atomic mass is 32.2. The summed E-state index contributed by atoms with van der Waals surface area (Å²) >= 11 is 1.49. The lowest BCUT2D eigenvalue weighted by Gasteiger charge is -2.29. The van der Waals surface area contributed by atoms with E-state index in [1.807, 2.05) is 17.8 Å². The molecule has 0 aromatic carbocycles. The maximum atomic E-state index is 11.9. The fourth-order valence-electron chi connectivity index (χ4n) is 2.40. The summed E-state index contributed by atoms with van der Waals surface area (Å²) in [5.41, 5.74) is 0. The number of aromatic nitrogens is 2. The van der Waals surface area contributed by atoms with E-state index in [1.54, 1.807) is 6.20 Å². The first-order valence-corrected chi connectivity index (χ1v) is 7.55. The topological polar surface area (TPSA) is 46.9 Å².